The van der Waals surface area contributed by atoms with Crippen LogP contribution in [0.25, 0.3) is 0 Å². The molecule has 16 heavy (non-hydrogen) atoms. The van der Waals surface area contributed by atoms with Crippen molar-refractivity contribution in [1.82, 2.24) is 0 Å². The van der Waals surface area contributed by atoms with Gasteiger partial charge in [-0.1, -0.05) is 23.7 Å². The zero-order valence-electron chi connectivity index (χ0n) is 9.52. The summed E-state index contributed by atoms with van der Waals surface area (Å²) in [6.07, 6.45) is 4.28. The molecular formula is C13H17NO2. The van der Waals surface area contributed by atoms with Crippen LogP contribution in [0.4, 0.5) is 0 Å². The fourth-order valence-electron chi connectivity index (χ4n) is 2.33. The second kappa shape index (κ2) is 5.01. The third-order valence-electron chi connectivity index (χ3n) is 3.20. The minimum absolute atomic E-state index is 0.258. The van der Waals surface area contributed by atoms with Crippen molar-refractivity contribution in [3.05, 3.63) is 29.8 Å². The maximum Gasteiger partial charge on any atom is 0.119 e. The maximum absolute atomic E-state index is 9.01. The fourth-order valence-corrected chi connectivity index (χ4v) is 2.33. The third-order valence-corrected chi connectivity index (χ3v) is 3.20. The maximum atomic E-state index is 9.01. The molecule has 0 radical (unpaired) electrons. The predicted molar refractivity (Wildman–Crippen MR) is 63.4 cm³/mol. The van der Waals surface area contributed by atoms with E-state index in [0.717, 1.165) is 30.7 Å². The SMILES string of the molecule is COc1cccc([C@@H]2CCCC/C2=N\O)c1. The number of ether oxygens (including phenoxy) is 1. The molecule has 0 saturated heterocycles. The summed E-state index contributed by atoms with van der Waals surface area (Å²) in [6.45, 7) is 0. The normalized spacial score (nSPS) is 23.3. The van der Waals surface area contributed by atoms with E-state index in [4.69, 9.17) is 9.94 Å². The highest BCUT2D eigenvalue weighted by molar-refractivity contribution is 5.91. The Morgan fingerprint density at radius 2 is 2.25 bits per heavy atom. The molecule has 1 aliphatic carbocycles. The molecule has 86 valence electrons. The van der Waals surface area contributed by atoms with E-state index < -0.39 is 0 Å². The van der Waals surface area contributed by atoms with E-state index in [1.165, 1.54) is 12.0 Å². The highest BCUT2D eigenvalue weighted by Gasteiger charge is 2.22. The van der Waals surface area contributed by atoms with E-state index in [-0.39, 0.29) is 5.92 Å². The van der Waals surface area contributed by atoms with Gasteiger partial charge >= 0.3 is 0 Å². The summed E-state index contributed by atoms with van der Waals surface area (Å²) >= 11 is 0. The molecule has 1 atom stereocenters. The zero-order chi connectivity index (χ0) is 11.4. The van der Waals surface area contributed by atoms with E-state index in [1.54, 1.807) is 7.11 Å². The summed E-state index contributed by atoms with van der Waals surface area (Å²) < 4.78 is 5.21. The van der Waals surface area contributed by atoms with Gasteiger partial charge < -0.3 is 9.94 Å². The highest BCUT2D eigenvalue weighted by atomic mass is 16.5. The van der Waals surface area contributed by atoms with Crippen molar-refractivity contribution in [2.45, 2.75) is 31.6 Å². The van der Waals surface area contributed by atoms with Crippen molar-refractivity contribution in [3.8, 4) is 5.75 Å². The summed E-state index contributed by atoms with van der Waals surface area (Å²) in [5.74, 6) is 1.12. The van der Waals surface area contributed by atoms with Crippen molar-refractivity contribution >= 4 is 5.71 Å². The zero-order valence-corrected chi connectivity index (χ0v) is 9.52. The minimum atomic E-state index is 0.258. The Bertz CT molecular complexity index is 387. The van der Waals surface area contributed by atoms with Gasteiger partial charge in [0.1, 0.15) is 5.75 Å². The van der Waals surface area contributed by atoms with Crippen LogP contribution in [0.3, 0.4) is 0 Å². The Hall–Kier alpha value is -1.51. The first-order valence-electron chi connectivity index (χ1n) is 5.70. The van der Waals surface area contributed by atoms with Crippen LogP contribution >= 0.6 is 0 Å². The summed E-state index contributed by atoms with van der Waals surface area (Å²) in [5.41, 5.74) is 2.09. The largest absolute Gasteiger partial charge is 0.497 e. The van der Waals surface area contributed by atoms with Crippen LogP contribution in [0, 0.1) is 0 Å². The van der Waals surface area contributed by atoms with Gasteiger partial charge in [-0.05, 0) is 37.0 Å². The van der Waals surface area contributed by atoms with E-state index in [9.17, 15) is 0 Å². The number of hydrogen-bond acceptors (Lipinski definition) is 3. The molecule has 1 fully saturated rings. The van der Waals surface area contributed by atoms with E-state index in [2.05, 4.69) is 11.2 Å². The number of hydrogen-bond donors (Lipinski definition) is 1. The molecule has 0 heterocycles. The molecule has 0 aliphatic heterocycles. The Morgan fingerprint density at radius 3 is 3.00 bits per heavy atom. The minimum Gasteiger partial charge on any atom is -0.497 e. The lowest BCUT2D eigenvalue weighted by Gasteiger charge is -2.23. The van der Waals surface area contributed by atoms with Crippen LogP contribution in [-0.4, -0.2) is 18.0 Å². The molecule has 0 unspecified atom stereocenters. The van der Waals surface area contributed by atoms with Gasteiger partial charge in [-0.15, -0.1) is 0 Å². The first-order chi connectivity index (χ1) is 7.85. The molecule has 3 heteroatoms. The van der Waals surface area contributed by atoms with Gasteiger partial charge in [-0.2, -0.15) is 0 Å². The molecule has 2 rings (SSSR count). The number of oxime groups is 1. The van der Waals surface area contributed by atoms with Crippen molar-refractivity contribution in [2.24, 2.45) is 5.16 Å². The number of benzene rings is 1. The molecule has 1 aliphatic rings. The highest BCUT2D eigenvalue weighted by Crippen LogP contribution is 2.32. The third kappa shape index (κ3) is 2.18. The van der Waals surface area contributed by atoms with E-state index >= 15 is 0 Å². The monoisotopic (exact) mass is 219 g/mol. The second-order valence-electron chi connectivity index (χ2n) is 4.17. The molecule has 1 N–H and O–H groups in total. The lowest BCUT2D eigenvalue weighted by Crippen LogP contribution is -2.17. The molecule has 1 aromatic rings. The molecule has 1 aromatic carbocycles. The van der Waals surface area contributed by atoms with Crippen LogP contribution in [0.15, 0.2) is 29.4 Å². The van der Waals surface area contributed by atoms with Gasteiger partial charge in [0.2, 0.25) is 0 Å². The number of methoxy groups -OCH3 is 1. The second-order valence-corrected chi connectivity index (χ2v) is 4.17. The molecule has 3 nitrogen and oxygen atoms in total. The number of rotatable bonds is 2. The van der Waals surface area contributed by atoms with Crippen LogP contribution in [0.5, 0.6) is 5.75 Å². The summed E-state index contributed by atoms with van der Waals surface area (Å²) in [4.78, 5) is 0. The van der Waals surface area contributed by atoms with Gasteiger partial charge in [0.05, 0.1) is 12.8 Å². The Balaban J connectivity index is 2.27. The Labute approximate surface area is 95.7 Å². The van der Waals surface area contributed by atoms with Crippen LogP contribution in [0.1, 0.15) is 37.2 Å². The van der Waals surface area contributed by atoms with E-state index in [0.29, 0.717) is 0 Å². The summed E-state index contributed by atoms with van der Waals surface area (Å²) in [7, 11) is 1.67. The van der Waals surface area contributed by atoms with E-state index in [1.807, 2.05) is 18.2 Å². The van der Waals surface area contributed by atoms with Crippen LogP contribution in [-0.2, 0) is 0 Å². The molecule has 0 bridgehead atoms. The van der Waals surface area contributed by atoms with Gasteiger partial charge in [0.25, 0.3) is 0 Å². The van der Waals surface area contributed by atoms with Crippen LogP contribution in [0.2, 0.25) is 0 Å². The van der Waals surface area contributed by atoms with Crippen molar-refractivity contribution in [3.63, 3.8) is 0 Å². The predicted octanol–water partition coefficient (Wildman–Crippen LogP) is 3.18. The van der Waals surface area contributed by atoms with Crippen molar-refractivity contribution < 1.29 is 9.94 Å². The lowest BCUT2D eigenvalue weighted by atomic mass is 9.82. The average molecular weight is 219 g/mol. The standard InChI is InChI=1S/C13H17NO2/c1-16-11-6-4-5-10(9-11)12-7-2-3-8-13(12)14-15/h4-6,9,12,15H,2-3,7-8H2,1H3/b14-13+/t12-/m0/s1. The topological polar surface area (TPSA) is 41.8 Å². The lowest BCUT2D eigenvalue weighted by molar-refractivity contribution is 0.312. The number of nitrogens with zero attached hydrogens (tertiary/aromatic N) is 1. The van der Waals surface area contributed by atoms with Gasteiger partial charge in [0.15, 0.2) is 0 Å². The van der Waals surface area contributed by atoms with Crippen molar-refractivity contribution in [2.75, 3.05) is 7.11 Å². The quantitative estimate of drug-likeness (QED) is 0.613. The summed E-state index contributed by atoms with van der Waals surface area (Å²) in [6, 6.07) is 8.02. The smallest absolute Gasteiger partial charge is 0.119 e. The Morgan fingerprint density at radius 1 is 1.38 bits per heavy atom. The molecule has 0 amide bonds. The van der Waals surface area contributed by atoms with Gasteiger partial charge in [0, 0.05) is 5.92 Å². The van der Waals surface area contributed by atoms with Gasteiger partial charge in [-0.25, -0.2) is 0 Å². The molecule has 1 saturated carbocycles. The summed E-state index contributed by atoms with van der Waals surface area (Å²) in [5, 5.41) is 12.4. The molecular weight excluding hydrogens is 202 g/mol. The first-order valence-corrected chi connectivity index (χ1v) is 5.70. The first kappa shape index (κ1) is 11.0. The fraction of sp³-hybridized carbons (Fsp3) is 0.462. The van der Waals surface area contributed by atoms with Crippen LogP contribution < -0.4 is 4.74 Å². The van der Waals surface area contributed by atoms with Crippen molar-refractivity contribution in [1.29, 1.82) is 0 Å². The molecule has 0 aromatic heterocycles. The Kier molecular flexibility index (Phi) is 3.44. The average Bonchev–Trinajstić information content (AvgIpc) is 2.38. The molecule has 0 spiro atoms. The van der Waals surface area contributed by atoms with Gasteiger partial charge in [-0.3, -0.25) is 0 Å².